The van der Waals surface area contributed by atoms with Gasteiger partial charge in [0.1, 0.15) is 11.5 Å². The van der Waals surface area contributed by atoms with Gasteiger partial charge in [0, 0.05) is 7.05 Å². The molecular weight excluding hydrogens is 192 g/mol. The largest absolute Gasteiger partial charge is 0.464 e. The van der Waals surface area contributed by atoms with Crippen LogP contribution in [-0.2, 0) is 11.3 Å². The summed E-state index contributed by atoms with van der Waals surface area (Å²) >= 11 is 0. The molecule has 1 amide bonds. The predicted octanol–water partition coefficient (Wildman–Crippen LogP) is 0.908. The first kappa shape index (κ1) is 10.2. The van der Waals surface area contributed by atoms with Crippen molar-refractivity contribution < 1.29 is 9.21 Å². The normalized spacial score (nSPS) is 19.7. The first-order valence-corrected chi connectivity index (χ1v) is 5.20. The van der Waals surface area contributed by atoms with Crippen LogP contribution in [0.2, 0.25) is 0 Å². The van der Waals surface area contributed by atoms with E-state index in [-0.39, 0.29) is 11.9 Å². The first-order valence-electron chi connectivity index (χ1n) is 5.20. The van der Waals surface area contributed by atoms with Crippen LogP contribution in [0.15, 0.2) is 16.5 Å². The van der Waals surface area contributed by atoms with Crippen molar-refractivity contribution in [1.82, 2.24) is 10.2 Å². The number of furan rings is 1. The molecule has 4 nitrogen and oxygen atoms in total. The van der Waals surface area contributed by atoms with Gasteiger partial charge < -0.3 is 14.6 Å². The molecule has 1 N–H and O–H groups in total. The zero-order valence-corrected chi connectivity index (χ0v) is 9.12. The van der Waals surface area contributed by atoms with Crippen LogP contribution in [0.4, 0.5) is 0 Å². The minimum Gasteiger partial charge on any atom is -0.464 e. The lowest BCUT2D eigenvalue weighted by molar-refractivity contribution is -0.134. The van der Waals surface area contributed by atoms with Crippen LogP contribution in [-0.4, -0.2) is 30.4 Å². The fraction of sp³-hybridized carbons (Fsp3) is 0.545. The molecule has 82 valence electrons. The van der Waals surface area contributed by atoms with E-state index in [0.717, 1.165) is 24.5 Å². The molecule has 2 rings (SSSR count). The van der Waals surface area contributed by atoms with Crippen LogP contribution >= 0.6 is 0 Å². The maximum Gasteiger partial charge on any atom is 0.239 e. The van der Waals surface area contributed by atoms with E-state index in [0.29, 0.717) is 6.54 Å². The van der Waals surface area contributed by atoms with Gasteiger partial charge in [0.15, 0.2) is 0 Å². The Kier molecular flexibility index (Phi) is 2.77. The quantitative estimate of drug-likeness (QED) is 0.803. The average molecular weight is 208 g/mol. The summed E-state index contributed by atoms with van der Waals surface area (Å²) in [6.07, 6.45) is 0.945. The second kappa shape index (κ2) is 4.06. The number of amides is 1. The highest BCUT2D eigenvalue weighted by atomic mass is 16.3. The van der Waals surface area contributed by atoms with Crippen LogP contribution in [0, 0.1) is 6.92 Å². The summed E-state index contributed by atoms with van der Waals surface area (Å²) in [5, 5.41) is 3.10. The standard InChI is InChI=1S/C11H16N2O2/c1-8-3-4-9(15-8)7-13(2)11(14)10-5-6-12-10/h3-4,10,12H,5-7H2,1-2H3/t10-/m1/s1. The highest BCUT2D eigenvalue weighted by Gasteiger charge is 2.27. The van der Waals surface area contributed by atoms with E-state index in [9.17, 15) is 4.79 Å². The lowest BCUT2D eigenvalue weighted by Gasteiger charge is -2.30. The molecule has 0 unspecified atom stereocenters. The molecule has 0 spiro atoms. The molecular formula is C11H16N2O2. The van der Waals surface area contributed by atoms with Crippen molar-refractivity contribution in [2.45, 2.75) is 25.9 Å². The van der Waals surface area contributed by atoms with Crippen molar-refractivity contribution in [1.29, 1.82) is 0 Å². The Bertz CT molecular complexity index is 355. The van der Waals surface area contributed by atoms with Crippen LogP contribution in [0.5, 0.6) is 0 Å². The Morgan fingerprint density at radius 1 is 1.67 bits per heavy atom. The third-order valence-electron chi connectivity index (χ3n) is 2.69. The van der Waals surface area contributed by atoms with Gasteiger partial charge in [0.05, 0.1) is 12.6 Å². The molecule has 2 heterocycles. The van der Waals surface area contributed by atoms with E-state index in [1.165, 1.54) is 0 Å². The number of carbonyl (C=O) groups excluding carboxylic acids is 1. The van der Waals surface area contributed by atoms with Gasteiger partial charge in [-0.1, -0.05) is 0 Å². The molecule has 1 aliphatic heterocycles. The van der Waals surface area contributed by atoms with E-state index in [2.05, 4.69) is 5.32 Å². The van der Waals surface area contributed by atoms with Crippen molar-refractivity contribution >= 4 is 5.91 Å². The van der Waals surface area contributed by atoms with Gasteiger partial charge in [-0.25, -0.2) is 0 Å². The Labute approximate surface area is 89.2 Å². The molecule has 0 saturated carbocycles. The third-order valence-corrected chi connectivity index (χ3v) is 2.69. The number of nitrogens with one attached hydrogen (secondary N) is 1. The third kappa shape index (κ3) is 2.21. The number of likely N-dealkylation sites (N-methyl/N-ethyl adjacent to an activating group) is 1. The average Bonchev–Trinajstić information content (AvgIpc) is 2.48. The fourth-order valence-corrected chi connectivity index (χ4v) is 1.65. The predicted molar refractivity (Wildman–Crippen MR) is 56.3 cm³/mol. The van der Waals surface area contributed by atoms with Gasteiger partial charge in [0.25, 0.3) is 0 Å². The number of rotatable bonds is 3. The summed E-state index contributed by atoms with van der Waals surface area (Å²) in [6, 6.07) is 3.84. The minimum absolute atomic E-state index is 0.0195. The van der Waals surface area contributed by atoms with Crippen molar-refractivity contribution in [2.75, 3.05) is 13.6 Å². The van der Waals surface area contributed by atoms with Gasteiger partial charge in [-0.05, 0) is 32.0 Å². The minimum atomic E-state index is 0.0195. The van der Waals surface area contributed by atoms with Crippen molar-refractivity contribution in [3.05, 3.63) is 23.7 Å². The number of hydrogen-bond donors (Lipinski definition) is 1. The lowest BCUT2D eigenvalue weighted by Crippen LogP contribution is -2.53. The van der Waals surface area contributed by atoms with Gasteiger partial charge in [-0.2, -0.15) is 0 Å². The smallest absolute Gasteiger partial charge is 0.239 e. The molecule has 1 aromatic rings. The SMILES string of the molecule is Cc1ccc(CN(C)C(=O)[C@H]2CCN2)o1. The van der Waals surface area contributed by atoms with Gasteiger partial charge in [0.2, 0.25) is 5.91 Å². The topological polar surface area (TPSA) is 45.5 Å². The van der Waals surface area contributed by atoms with E-state index in [4.69, 9.17) is 4.42 Å². The fourth-order valence-electron chi connectivity index (χ4n) is 1.65. The molecule has 0 aliphatic carbocycles. The van der Waals surface area contributed by atoms with Crippen molar-refractivity contribution in [3.63, 3.8) is 0 Å². The van der Waals surface area contributed by atoms with Crippen LogP contribution in [0.1, 0.15) is 17.9 Å². The second-order valence-electron chi connectivity index (χ2n) is 4.00. The van der Waals surface area contributed by atoms with Gasteiger partial charge in [-0.15, -0.1) is 0 Å². The summed E-state index contributed by atoms with van der Waals surface area (Å²) < 4.78 is 5.42. The van der Waals surface area contributed by atoms with Crippen molar-refractivity contribution in [2.24, 2.45) is 0 Å². The molecule has 0 aromatic carbocycles. The summed E-state index contributed by atoms with van der Waals surface area (Å²) in [5.41, 5.74) is 0. The Hall–Kier alpha value is -1.29. The second-order valence-corrected chi connectivity index (χ2v) is 4.00. The van der Waals surface area contributed by atoms with E-state index in [1.54, 1.807) is 11.9 Å². The zero-order chi connectivity index (χ0) is 10.8. The van der Waals surface area contributed by atoms with Gasteiger partial charge >= 0.3 is 0 Å². The molecule has 1 aromatic heterocycles. The van der Waals surface area contributed by atoms with Gasteiger partial charge in [-0.3, -0.25) is 4.79 Å². The maximum atomic E-state index is 11.8. The summed E-state index contributed by atoms with van der Waals surface area (Å²) in [6.45, 7) is 3.40. The van der Waals surface area contributed by atoms with E-state index in [1.807, 2.05) is 19.1 Å². The highest BCUT2D eigenvalue weighted by Crippen LogP contribution is 2.11. The van der Waals surface area contributed by atoms with Crippen LogP contribution in [0.3, 0.4) is 0 Å². The molecule has 1 aliphatic rings. The molecule has 1 saturated heterocycles. The molecule has 15 heavy (non-hydrogen) atoms. The Balaban J connectivity index is 1.91. The lowest BCUT2D eigenvalue weighted by atomic mass is 10.1. The molecule has 1 atom stereocenters. The first-order chi connectivity index (χ1) is 7.16. The molecule has 4 heteroatoms. The highest BCUT2D eigenvalue weighted by molar-refractivity contribution is 5.82. The molecule has 0 radical (unpaired) electrons. The number of carbonyl (C=O) groups is 1. The van der Waals surface area contributed by atoms with Crippen molar-refractivity contribution in [3.8, 4) is 0 Å². The summed E-state index contributed by atoms with van der Waals surface area (Å²) in [5.74, 6) is 1.87. The maximum absolute atomic E-state index is 11.8. The van der Waals surface area contributed by atoms with E-state index >= 15 is 0 Å². The monoisotopic (exact) mass is 208 g/mol. The molecule has 1 fully saturated rings. The summed E-state index contributed by atoms with van der Waals surface area (Å²) in [7, 11) is 1.81. The van der Waals surface area contributed by atoms with E-state index < -0.39 is 0 Å². The zero-order valence-electron chi connectivity index (χ0n) is 9.12. The van der Waals surface area contributed by atoms with Crippen LogP contribution in [0.25, 0.3) is 0 Å². The molecule has 0 bridgehead atoms. The number of nitrogens with zero attached hydrogens (tertiary/aromatic N) is 1. The summed E-state index contributed by atoms with van der Waals surface area (Å²) in [4.78, 5) is 13.5. The number of hydrogen-bond acceptors (Lipinski definition) is 3. The Morgan fingerprint density at radius 3 is 2.87 bits per heavy atom. The number of aryl methyl sites for hydroxylation is 1. The van der Waals surface area contributed by atoms with Crippen LogP contribution < -0.4 is 5.32 Å². The Morgan fingerprint density at radius 2 is 2.40 bits per heavy atom.